The van der Waals surface area contributed by atoms with Crippen LogP contribution in [0.1, 0.15) is 44.1 Å². The third kappa shape index (κ3) is 2.41. The molecule has 3 rings (SSSR count). The van der Waals surface area contributed by atoms with Crippen LogP contribution in [0.5, 0.6) is 0 Å². The number of aliphatic hydroxyl groups excluding tert-OH is 1. The number of rotatable bonds is 3. The first-order valence-corrected chi connectivity index (χ1v) is 7.44. The summed E-state index contributed by atoms with van der Waals surface area (Å²) in [5, 5.41) is 10.3. The fourth-order valence-electron chi connectivity index (χ4n) is 3.59. The Morgan fingerprint density at radius 1 is 1.50 bits per heavy atom. The fourth-order valence-corrected chi connectivity index (χ4v) is 3.59. The van der Waals surface area contributed by atoms with Crippen LogP contribution in [-0.4, -0.2) is 35.6 Å². The lowest BCUT2D eigenvalue weighted by molar-refractivity contribution is -0.0304. The van der Waals surface area contributed by atoms with E-state index < -0.39 is 0 Å². The topological polar surface area (TPSA) is 43.6 Å². The molecule has 1 N–H and O–H groups in total. The molecule has 0 bridgehead atoms. The van der Waals surface area contributed by atoms with Crippen molar-refractivity contribution in [1.29, 1.82) is 0 Å². The summed E-state index contributed by atoms with van der Waals surface area (Å²) < 4.78 is 13.5. The van der Waals surface area contributed by atoms with Crippen LogP contribution in [-0.2, 0) is 22.4 Å². The molecule has 112 valence electrons. The maximum atomic E-state index is 10.3. The SMILES string of the molecule is COC1(Cn2ccc3c2CC(C)(C)CC3O)CCOC1. The highest BCUT2D eigenvalue weighted by Gasteiger charge is 2.38. The molecule has 1 fully saturated rings. The largest absolute Gasteiger partial charge is 0.388 e. The van der Waals surface area contributed by atoms with E-state index in [1.807, 2.05) is 0 Å². The molecule has 1 aromatic rings. The van der Waals surface area contributed by atoms with E-state index in [1.54, 1.807) is 7.11 Å². The number of nitrogens with zero attached hydrogens (tertiary/aromatic N) is 1. The summed E-state index contributed by atoms with van der Waals surface area (Å²) in [6, 6.07) is 2.06. The number of ether oxygens (including phenoxy) is 2. The highest BCUT2D eigenvalue weighted by Crippen LogP contribution is 2.41. The highest BCUT2D eigenvalue weighted by molar-refractivity contribution is 5.29. The van der Waals surface area contributed by atoms with Crippen LogP contribution in [0.2, 0.25) is 0 Å². The van der Waals surface area contributed by atoms with Gasteiger partial charge in [0.15, 0.2) is 0 Å². The van der Waals surface area contributed by atoms with Gasteiger partial charge in [0, 0.05) is 37.6 Å². The minimum atomic E-state index is -0.340. The zero-order chi connectivity index (χ0) is 14.4. The quantitative estimate of drug-likeness (QED) is 0.923. The Kier molecular flexibility index (Phi) is 3.43. The van der Waals surface area contributed by atoms with Crippen molar-refractivity contribution in [3.8, 4) is 0 Å². The third-order valence-electron chi connectivity index (χ3n) is 4.82. The molecular formula is C16H25NO3. The molecule has 1 aliphatic heterocycles. The number of aromatic nitrogens is 1. The molecule has 4 nitrogen and oxygen atoms in total. The minimum Gasteiger partial charge on any atom is -0.388 e. The predicted molar refractivity (Wildman–Crippen MR) is 76.7 cm³/mol. The molecule has 0 saturated carbocycles. The third-order valence-corrected chi connectivity index (χ3v) is 4.82. The molecule has 20 heavy (non-hydrogen) atoms. The molecule has 0 spiro atoms. The monoisotopic (exact) mass is 279 g/mol. The average molecular weight is 279 g/mol. The van der Waals surface area contributed by atoms with Gasteiger partial charge in [0.2, 0.25) is 0 Å². The molecule has 2 unspecified atom stereocenters. The Morgan fingerprint density at radius 3 is 2.95 bits per heavy atom. The van der Waals surface area contributed by atoms with Crippen LogP contribution in [0.4, 0.5) is 0 Å². The first-order chi connectivity index (χ1) is 9.45. The van der Waals surface area contributed by atoms with E-state index in [2.05, 4.69) is 30.7 Å². The summed E-state index contributed by atoms with van der Waals surface area (Å²) in [4.78, 5) is 0. The number of aliphatic hydroxyl groups is 1. The van der Waals surface area contributed by atoms with Gasteiger partial charge in [0.25, 0.3) is 0 Å². The first kappa shape index (κ1) is 14.1. The second-order valence-electron chi connectivity index (χ2n) is 7.10. The van der Waals surface area contributed by atoms with Gasteiger partial charge in [-0.05, 0) is 24.3 Å². The molecule has 0 amide bonds. The van der Waals surface area contributed by atoms with Crippen molar-refractivity contribution in [2.75, 3.05) is 20.3 Å². The van der Waals surface area contributed by atoms with E-state index in [1.165, 1.54) is 5.69 Å². The number of methoxy groups -OCH3 is 1. The van der Waals surface area contributed by atoms with Crippen molar-refractivity contribution in [1.82, 2.24) is 4.57 Å². The zero-order valence-electron chi connectivity index (χ0n) is 12.7. The normalized spacial score (nSPS) is 32.3. The predicted octanol–water partition coefficient (Wildman–Crippen LogP) is 2.30. The van der Waals surface area contributed by atoms with Crippen LogP contribution < -0.4 is 0 Å². The van der Waals surface area contributed by atoms with Crippen LogP contribution in [0.15, 0.2) is 12.3 Å². The van der Waals surface area contributed by atoms with Crippen LogP contribution in [0.25, 0.3) is 0 Å². The van der Waals surface area contributed by atoms with Crippen molar-refractivity contribution >= 4 is 0 Å². The van der Waals surface area contributed by atoms with Crippen molar-refractivity contribution in [2.24, 2.45) is 5.41 Å². The van der Waals surface area contributed by atoms with E-state index in [0.29, 0.717) is 6.61 Å². The van der Waals surface area contributed by atoms with Gasteiger partial charge in [-0.25, -0.2) is 0 Å². The second kappa shape index (κ2) is 4.86. The molecule has 1 aromatic heterocycles. The summed E-state index contributed by atoms with van der Waals surface area (Å²) in [5.41, 5.74) is 2.29. The second-order valence-corrected chi connectivity index (χ2v) is 7.10. The van der Waals surface area contributed by atoms with Crippen molar-refractivity contribution in [2.45, 2.75) is 51.4 Å². The van der Waals surface area contributed by atoms with E-state index >= 15 is 0 Å². The van der Waals surface area contributed by atoms with E-state index in [-0.39, 0.29) is 17.1 Å². The number of hydrogen-bond donors (Lipinski definition) is 1. The molecule has 0 radical (unpaired) electrons. The van der Waals surface area contributed by atoms with Gasteiger partial charge < -0.3 is 19.1 Å². The standard InChI is InChI=1S/C16H25NO3/c1-15(2)8-13-12(14(18)9-15)4-6-17(13)10-16(19-3)5-7-20-11-16/h4,6,14,18H,5,7-11H2,1-3H3. The summed E-state index contributed by atoms with van der Waals surface area (Å²) in [6.07, 6.45) is 4.53. The minimum absolute atomic E-state index is 0.148. The van der Waals surface area contributed by atoms with Crippen LogP contribution >= 0.6 is 0 Å². The maximum absolute atomic E-state index is 10.3. The summed E-state index contributed by atoms with van der Waals surface area (Å²) >= 11 is 0. The van der Waals surface area contributed by atoms with Crippen molar-refractivity contribution in [3.05, 3.63) is 23.5 Å². The molecule has 4 heteroatoms. The highest BCUT2D eigenvalue weighted by atomic mass is 16.5. The smallest absolute Gasteiger partial charge is 0.111 e. The first-order valence-electron chi connectivity index (χ1n) is 7.44. The molecule has 2 heterocycles. The molecule has 1 aliphatic carbocycles. The van der Waals surface area contributed by atoms with E-state index in [0.717, 1.165) is 38.0 Å². The fraction of sp³-hybridized carbons (Fsp3) is 0.750. The lowest BCUT2D eigenvalue weighted by atomic mass is 9.75. The Hall–Kier alpha value is -0.840. The summed E-state index contributed by atoms with van der Waals surface area (Å²) in [7, 11) is 1.77. The van der Waals surface area contributed by atoms with Gasteiger partial charge in [-0.3, -0.25) is 0 Å². The van der Waals surface area contributed by atoms with Gasteiger partial charge >= 0.3 is 0 Å². The Labute approximate surface area is 120 Å². The molecule has 1 saturated heterocycles. The average Bonchev–Trinajstić information content (AvgIpc) is 2.97. The van der Waals surface area contributed by atoms with Gasteiger partial charge in [0.1, 0.15) is 5.60 Å². The lowest BCUT2D eigenvalue weighted by Gasteiger charge is -2.35. The van der Waals surface area contributed by atoms with Crippen LogP contribution in [0, 0.1) is 5.41 Å². The van der Waals surface area contributed by atoms with Gasteiger partial charge in [0.05, 0.1) is 19.3 Å². The Morgan fingerprint density at radius 2 is 2.30 bits per heavy atom. The molecule has 2 aliphatic rings. The molecule has 2 atom stereocenters. The summed E-state index contributed by atoms with van der Waals surface area (Å²) in [5.74, 6) is 0. The Balaban J connectivity index is 1.89. The number of hydrogen-bond acceptors (Lipinski definition) is 3. The summed E-state index contributed by atoms with van der Waals surface area (Å²) in [6.45, 7) is 6.68. The molecule has 0 aromatic carbocycles. The van der Waals surface area contributed by atoms with Crippen LogP contribution in [0.3, 0.4) is 0 Å². The van der Waals surface area contributed by atoms with Crippen molar-refractivity contribution in [3.63, 3.8) is 0 Å². The maximum Gasteiger partial charge on any atom is 0.111 e. The lowest BCUT2D eigenvalue weighted by Crippen LogP contribution is -2.38. The number of fused-ring (bicyclic) bond motifs is 1. The van der Waals surface area contributed by atoms with Crippen molar-refractivity contribution < 1.29 is 14.6 Å². The zero-order valence-corrected chi connectivity index (χ0v) is 12.7. The van der Waals surface area contributed by atoms with E-state index in [4.69, 9.17) is 9.47 Å². The van der Waals surface area contributed by atoms with Gasteiger partial charge in [-0.2, -0.15) is 0 Å². The van der Waals surface area contributed by atoms with Gasteiger partial charge in [-0.1, -0.05) is 13.8 Å². The van der Waals surface area contributed by atoms with E-state index in [9.17, 15) is 5.11 Å². The Bertz CT molecular complexity index is 486. The van der Waals surface area contributed by atoms with Gasteiger partial charge in [-0.15, -0.1) is 0 Å². The molecular weight excluding hydrogens is 254 g/mol.